The van der Waals surface area contributed by atoms with Gasteiger partial charge >= 0.3 is 18.6 Å². The quantitative estimate of drug-likeness (QED) is 0.232. The second kappa shape index (κ2) is 15.2. The van der Waals surface area contributed by atoms with E-state index in [-0.39, 0.29) is 44.4 Å². The van der Waals surface area contributed by atoms with Gasteiger partial charge in [-0.05, 0) is 97.3 Å². The zero-order valence-electron chi connectivity index (χ0n) is 33.8. The van der Waals surface area contributed by atoms with Crippen molar-refractivity contribution in [1.29, 1.82) is 0 Å². The predicted octanol–water partition coefficient (Wildman–Crippen LogP) is 5.94. The number of fused-ring (bicyclic) bond motifs is 5. The van der Waals surface area contributed by atoms with Gasteiger partial charge in [0.05, 0.1) is 22.5 Å². The number of benzene rings is 1. The molecule has 1 aromatic heterocycles. The Labute approximate surface area is 347 Å². The molecule has 2 saturated carbocycles. The number of nitrogens with zero attached hydrogens (tertiary/aromatic N) is 2. The standard InChI is InChI=1S/C40H47F6N5O9S/c1-22-30-25(26-18-24(58-40(44,45)46)12-13-27(26)47-22)14-15-37(59-30)20-29-31(52)49-38(33(54)50-61(56,57)36(4)16-17-36)19-23(38)10-8-6-5-7-9-11-28(32(53)51(29)21-37)48-34(55)60-35(2,3)39(41,42)43/h8,10,12-13,18,23,28-29H,5-7,9,11,14-17,19-21H2,1-4H3,(H,48,55)(H,49,52)(H,50,54). The van der Waals surface area contributed by atoms with Gasteiger partial charge in [0.15, 0.2) is 0 Å². The van der Waals surface area contributed by atoms with Crippen LogP contribution in [0.1, 0.15) is 96.2 Å². The van der Waals surface area contributed by atoms with E-state index in [9.17, 15) is 53.9 Å². The van der Waals surface area contributed by atoms with Crippen LogP contribution in [0.15, 0.2) is 30.4 Å². The molecule has 3 aliphatic heterocycles. The normalized spacial score (nSPS) is 28.0. The van der Waals surface area contributed by atoms with Crippen LogP contribution in [0.3, 0.4) is 0 Å². The molecule has 4 heterocycles. The van der Waals surface area contributed by atoms with Gasteiger partial charge in [-0.1, -0.05) is 25.0 Å². The topological polar surface area (TPSA) is 182 Å². The third kappa shape index (κ3) is 8.80. The molecule has 14 nitrogen and oxygen atoms in total. The summed E-state index contributed by atoms with van der Waals surface area (Å²) < 4.78 is 123. The molecule has 5 unspecified atom stereocenters. The number of ether oxygens (including phenoxy) is 3. The number of aromatic nitrogens is 1. The fraction of sp³-hybridized carbons (Fsp3) is 0.625. The molecule has 3 N–H and O–H groups in total. The van der Waals surface area contributed by atoms with E-state index in [1.54, 1.807) is 13.0 Å². The largest absolute Gasteiger partial charge is 0.573 e. The van der Waals surface area contributed by atoms with E-state index in [0.29, 0.717) is 74.5 Å². The lowest BCUT2D eigenvalue weighted by molar-refractivity contribution is -0.274. The fourth-order valence-electron chi connectivity index (χ4n) is 8.33. The van der Waals surface area contributed by atoms with Crippen LogP contribution in [-0.2, 0) is 35.6 Å². The van der Waals surface area contributed by atoms with Crippen molar-refractivity contribution in [2.45, 2.75) is 144 Å². The minimum atomic E-state index is -4.96. The smallest absolute Gasteiger partial charge is 0.483 e. The number of amides is 4. The summed E-state index contributed by atoms with van der Waals surface area (Å²) in [7, 11) is -4.13. The van der Waals surface area contributed by atoms with E-state index in [1.165, 1.54) is 19.1 Å². The lowest BCUT2D eigenvalue weighted by Gasteiger charge is -2.37. The van der Waals surface area contributed by atoms with Gasteiger partial charge in [0.2, 0.25) is 27.4 Å². The lowest BCUT2D eigenvalue weighted by atomic mass is 9.87. The monoisotopic (exact) mass is 887 g/mol. The molecule has 0 bridgehead atoms. The molecule has 61 heavy (non-hydrogen) atoms. The molecule has 3 fully saturated rings. The molecular weight excluding hydrogens is 841 g/mol. The van der Waals surface area contributed by atoms with Crippen molar-refractivity contribution in [3.63, 3.8) is 0 Å². The van der Waals surface area contributed by atoms with Crippen molar-refractivity contribution < 1.29 is 68.1 Å². The van der Waals surface area contributed by atoms with E-state index >= 15 is 0 Å². The fourth-order valence-corrected chi connectivity index (χ4v) is 9.64. The highest BCUT2D eigenvalue weighted by atomic mass is 32.2. The number of allylic oxidation sites excluding steroid dienone is 1. The predicted molar refractivity (Wildman–Crippen MR) is 204 cm³/mol. The summed E-state index contributed by atoms with van der Waals surface area (Å²) in [6.07, 6.45) is -5.17. The highest BCUT2D eigenvalue weighted by molar-refractivity contribution is 7.91. The van der Waals surface area contributed by atoms with E-state index in [1.807, 2.05) is 6.08 Å². The molecule has 1 aromatic carbocycles. The van der Waals surface area contributed by atoms with E-state index in [0.717, 1.165) is 11.0 Å². The van der Waals surface area contributed by atoms with Crippen molar-refractivity contribution in [2.75, 3.05) is 6.54 Å². The molecule has 0 radical (unpaired) electrons. The average Bonchev–Trinajstić information content (AvgIpc) is 4.04. The van der Waals surface area contributed by atoms with Gasteiger partial charge in [-0.15, -0.1) is 13.2 Å². The number of pyridine rings is 1. The maximum atomic E-state index is 14.7. The molecule has 2 aliphatic carbocycles. The van der Waals surface area contributed by atoms with Crippen molar-refractivity contribution in [3.05, 3.63) is 41.6 Å². The summed E-state index contributed by atoms with van der Waals surface area (Å²) in [5.74, 6) is -3.53. The number of halogens is 6. The number of sulfonamides is 1. The zero-order valence-corrected chi connectivity index (χ0v) is 34.7. The Morgan fingerprint density at radius 3 is 2.43 bits per heavy atom. The van der Waals surface area contributed by atoms with Gasteiger partial charge in [0.1, 0.15) is 34.7 Å². The number of nitrogens with one attached hydrogen (secondary N) is 3. The number of alkyl carbamates (subject to hydrolysis) is 1. The van der Waals surface area contributed by atoms with Gasteiger partial charge in [-0.25, -0.2) is 18.2 Å². The van der Waals surface area contributed by atoms with Crippen LogP contribution in [0.2, 0.25) is 0 Å². The van der Waals surface area contributed by atoms with Crippen molar-refractivity contribution in [3.8, 4) is 11.5 Å². The zero-order chi connectivity index (χ0) is 44.6. The minimum absolute atomic E-state index is 0.0471. The van der Waals surface area contributed by atoms with E-state index in [4.69, 9.17) is 9.47 Å². The molecule has 7 rings (SSSR count). The Kier molecular flexibility index (Phi) is 11.0. The summed E-state index contributed by atoms with van der Waals surface area (Å²) in [6, 6.07) is 0.799. The number of rotatable bonds is 6. The summed E-state index contributed by atoms with van der Waals surface area (Å²) in [5.41, 5.74) is -4.76. The SMILES string of the molecule is Cc1nc2ccc(OC(F)(F)F)cc2c2c1OC1(CC2)CC2C(=O)NC3(C(=O)NS(=O)(=O)C4(C)CC4)CC3C=CCCCCCC(NC(=O)OC(C)(C)C(F)(F)F)C(=O)N2C1. The van der Waals surface area contributed by atoms with E-state index < -0.39 is 91.6 Å². The Morgan fingerprint density at radius 2 is 1.75 bits per heavy atom. The Balaban J connectivity index is 1.24. The van der Waals surface area contributed by atoms with Crippen molar-refractivity contribution in [2.24, 2.45) is 5.92 Å². The summed E-state index contributed by atoms with van der Waals surface area (Å²) in [5, 5.41) is 5.37. The van der Waals surface area contributed by atoms with Crippen LogP contribution >= 0.6 is 0 Å². The summed E-state index contributed by atoms with van der Waals surface area (Å²) >= 11 is 0. The molecule has 5 aliphatic rings. The number of carbonyl (C=O) groups excluding carboxylic acids is 4. The second-order valence-electron chi connectivity index (χ2n) is 17.5. The molecule has 2 aromatic rings. The first-order valence-electron chi connectivity index (χ1n) is 20.1. The van der Waals surface area contributed by atoms with Crippen LogP contribution in [0.5, 0.6) is 11.5 Å². The summed E-state index contributed by atoms with van der Waals surface area (Å²) in [4.78, 5) is 61.9. The van der Waals surface area contributed by atoms with Gasteiger partial charge < -0.3 is 29.7 Å². The Morgan fingerprint density at radius 1 is 1.03 bits per heavy atom. The van der Waals surface area contributed by atoms with Crippen LogP contribution in [-0.4, -0.2) is 94.8 Å². The molecule has 21 heteroatoms. The molecular formula is C40H47F6N5O9S. The Bertz CT molecular complexity index is 2280. The number of alkyl halides is 6. The number of hydrogen-bond donors (Lipinski definition) is 3. The first kappa shape index (κ1) is 44.2. The lowest BCUT2D eigenvalue weighted by Crippen LogP contribution is -2.59. The number of hydrogen-bond acceptors (Lipinski definition) is 10. The molecule has 334 valence electrons. The van der Waals surface area contributed by atoms with Crippen LogP contribution < -0.4 is 24.8 Å². The summed E-state index contributed by atoms with van der Waals surface area (Å²) in [6.45, 7) is 4.13. The average molecular weight is 888 g/mol. The third-order valence-corrected chi connectivity index (χ3v) is 14.7. The minimum Gasteiger partial charge on any atom is -0.483 e. The highest BCUT2D eigenvalue weighted by Crippen LogP contribution is 2.49. The molecule has 4 amide bonds. The highest BCUT2D eigenvalue weighted by Gasteiger charge is 2.64. The molecule has 1 spiro atoms. The van der Waals surface area contributed by atoms with Crippen molar-refractivity contribution in [1.82, 2.24) is 25.2 Å². The number of aryl methyl sites for hydroxylation is 2. The van der Waals surface area contributed by atoms with Crippen LogP contribution in [0.25, 0.3) is 10.9 Å². The first-order chi connectivity index (χ1) is 28.3. The van der Waals surface area contributed by atoms with Gasteiger partial charge in [-0.2, -0.15) is 13.2 Å². The van der Waals surface area contributed by atoms with Gasteiger partial charge in [0, 0.05) is 23.3 Å². The third-order valence-electron chi connectivity index (χ3n) is 12.5. The van der Waals surface area contributed by atoms with Crippen molar-refractivity contribution >= 4 is 44.7 Å². The molecule has 5 atom stereocenters. The number of carbonyl (C=O) groups is 4. The van der Waals surface area contributed by atoms with E-state index in [2.05, 4.69) is 25.1 Å². The molecule has 1 saturated heterocycles. The Hall–Kier alpha value is -4.82. The van der Waals surface area contributed by atoms with Gasteiger partial charge in [-0.3, -0.25) is 19.1 Å². The van der Waals surface area contributed by atoms with Gasteiger partial charge in [0.25, 0.3) is 5.91 Å². The first-order valence-corrected chi connectivity index (χ1v) is 21.6. The maximum Gasteiger partial charge on any atom is 0.573 e. The van der Waals surface area contributed by atoms with Crippen LogP contribution in [0, 0.1) is 12.8 Å². The maximum absolute atomic E-state index is 14.7. The van der Waals surface area contributed by atoms with Crippen LogP contribution in [0.4, 0.5) is 31.1 Å². The second-order valence-corrected chi connectivity index (χ2v) is 19.7.